The fourth-order valence-corrected chi connectivity index (χ4v) is 0.754. The Kier molecular flexibility index (Phi) is 2.03. The molecular weight excluding hydrogens is 123 g/mol. The summed E-state index contributed by atoms with van der Waals surface area (Å²) < 4.78 is 22.6. The van der Waals surface area contributed by atoms with E-state index in [2.05, 4.69) is 0 Å². The minimum absolute atomic E-state index is 0.184. The van der Waals surface area contributed by atoms with Gasteiger partial charge in [-0.3, -0.25) is 0 Å². The maximum atomic E-state index is 13.1. The highest BCUT2D eigenvalue weighted by Gasteiger charge is 2.31. The Labute approximate surface area is 54.0 Å². The van der Waals surface area contributed by atoms with E-state index in [0.29, 0.717) is 6.42 Å². The zero-order valence-electron chi connectivity index (χ0n) is 5.52. The molecule has 54 valence electrons. The van der Waals surface area contributed by atoms with Gasteiger partial charge < -0.3 is 9.47 Å². The molecule has 0 radical (unpaired) electrons. The van der Waals surface area contributed by atoms with Crippen LogP contribution in [0.2, 0.25) is 0 Å². The van der Waals surface area contributed by atoms with E-state index < -0.39 is 5.67 Å². The van der Waals surface area contributed by atoms with Gasteiger partial charge in [0.15, 0.2) is 5.67 Å². The summed E-state index contributed by atoms with van der Waals surface area (Å²) in [6, 6.07) is 0. The smallest absolute Gasteiger partial charge is 0.157 e. The first-order valence-electron chi connectivity index (χ1n) is 3.11. The summed E-state index contributed by atoms with van der Waals surface area (Å²) >= 11 is 0. The van der Waals surface area contributed by atoms with E-state index in [9.17, 15) is 4.39 Å². The summed E-state index contributed by atoms with van der Waals surface area (Å²) in [5, 5.41) is 0. The van der Waals surface area contributed by atoms with Gasteiger partial charge in [-0.2, -0.15) is 0 Å². The molecule has 1 aliphatic heterocycles. The van der Waals surface area contributed by atoms with Crippen LogP contribution in [0.3, 0.4) is 0 Å². The van der Waals surface area contributed by atoms with E-state index in [-0.39, 0.29) is 20.0 Å². The molecule has 0 saturated carbocycles. The Balaban J connectivity index is 2.37. The first-order chi connectivity index (χ1) is 4.27. The van der Waals surface area contributed by atoms with Crippen molar-refractivity contribution in [1.82, 2.24) is 0 Å². The Hall–Kier alpha value is -0.150. The first-order valence-corrected chi connectivity index (χ1v) is 3.11. The highest BCUT2D eigenvalue weighted by atomic mass is 19.1. The maximum Gasteiger partial charge on any atom is 0.157 e. The average Bonchev–Trinajstić information content (AvgIpc) is 1.90. The highest BCUT2D eigenvalue weighted by Crippen LogP contribution is 2.19. The van der Waals surface area contributed by atoms with Gasteiger partial charge in [-0.1, -0.05) is 6.92 Å². The van der Waals surface area contributed by atoms with Gasteiger partial charge in [-0.25, -0.2) is 4.39 Å². The molecule has 0 bridgehead atoms. The first kappa shape index (κ1) is 6.96. The molecule has 0 unspecified atom stereocenters. The van der Waals surface area contributed by atoms with E-state index in [0.717, 1.165) is 0 Å². The van der Waals surface area contributed by atoms with Crippen LogP contribution in [-0.4, -0.2) is 25.7 Å². The van der Waals surface area contributed by atoms with Crippen molar-refractivity contribution < 1.29 is 13.9 Å². The Morgan fingerprint density at radius 2 is 2.00 bits per heavy atom. The fourth-order valence-electron chi connectivity index (χ4n) is 0.754. The molecule has 0 aromatic rings. The molecule has 0 aromatic carbocycles. The van der Waals surface area contributed by atoms with Crippen molar-refractivity contribution in [3.8, 4) is 0 Å². The van der Waals surface area contributed by atoms with E-state index in [1.54, 1.807) is 6.92 Å². The predicted octanol–water partition coefficient (Wildman–Crippen LogP) is 1.11. The van der Waals surface area contributed by atoms with Gasteiger partial charge >= 0.3 is 0 Å². The normalized spacial score (nSPS) is 26.0. The third kappa shape index (κ3) is 1.63. The number of ether oxygens (including phenoxy) is 2. The SMILES string of the molecule is CCC1(F)COCOC1. The number of halogens is 1. The van der Waals surface area contributed by atoms with Gasteiger partial charge in [0.25, 0.3) is 0 Å². The molecule has 1 rings (SSSR count). The molecule has 0 amide bonds. The van der Waals surface area contributed by atoms with Crippen molar-refractivity contribution in [2.75, 3.05) is 20.0 Å². The molecule has 1 saturated heterocycles. The summed E-state index contributed by atoms with van der Waals surface area (Å²) in [4.78, 5) is 0. The molecule has 3 heteroatoms. The number of rotatable bonds is 1. The summed E-state index contributed by atoms with van der Waals surface area (Å²) in [5.74, 6) is 0. The fraction of sp³-hybridized carbons (Fsp3) is 1.00. The minimum Gasteiger partial charge on any atom is -0.352 e. The molecule has 1 fully saturated rings. The highest BCUT2D eigenvalue weighted by molar-refractivity contribution is 4.77. The number of hydrogen-bond donors (Lipinski definition) is 0. The van der Waals surface area contributed by atoms with Crippen LogP contribution in [0, 0.1) is 0 Å². The zero-order valence-corrected chi connectivity index (χ0v) is 5.52. The molecule has 1 aliphatic rings. The third-order valence-corrected chi connectivity index (χ3v) is 1.52. The van der Waals surface area contributed by atoms with Crippen LogP contribution in [-0.2, 0) is 9.47 Å². The zero-order chi connectivity index (χ0) is 6.74. The molecule has 0 atom stereocenters. The standard InChI is InChI=1S/C6H11FO2/c1-2-6(7)3-8-5-9-4-6/h2-5H2,1H3. The second-order valence-corrected chi connectivity index (χ2v) is 2.32. The van der Waals surface area contributed by atoms with E-state index in [1.165, 1.54) is 0 Å². The lowest BCUT2D eigenvalue weighted by atomic mass is 10.1. The molecule has 0 aromatic heterocycles. The van der Waals surface area contributed by atoms with Gasteiger partial charge in [0.2, 0.25) is 0 Å². The molecule has 9 heavy (non-hydrogen) atoms. The third-order valence-electron chi connectivity index (χ3n) is 1.52. The second kappa shape index (κ2) is 2.62. The van der Waals surface area contributed by atoms with Gasteiger partial charge in [0, 0.05) is 0 Å². The monoisotopic (exact) mass is 134 g/mol. The minimum atomic E-state index is -1.22. The average molecular weight is 134 g/mol. The van der Waals surface area contributed by atoms with E-state index in [4.69, 9.17) is 9.47 Å². The van der Waals surface area contributed by atoms with Crippen LogP contribution in [0.25, 0.3) is 0 Å². The Morgan fingerprint density at radius 1 is 1.44 bits per heavy atom. The molecule has 2 nitrogen and oxygen atoms in total. The molecule has 0 spiro atoms. The van der Waals surface area contributed by atoms with Crippen molar-refractivity contribution in [3.63, 3.8) is 0 Å². The Bertz CT molecular complexity index is 89.1. The summed E-state index contributed by atoms with van der Waals surface area (Å²) in [7, 11) is 0. The second-order valence-electron chi connectivity index (χ2n) is 2.32. The van der Waals surface area contributed by atoms with Gasteiger partial charge in [-0.05, 0) is 6.42 Å². The van der Waals surface area contributed by atoms with Crippen LogP contribution in [0.15, 0.2) is 0 Å². The Morgan fingerprint density at radius 3 is 2.33 bits per heavy atom. The largest absolute Gasteiger partial charge is 0.352 e. The summed E-state index contributed by atoms with van der Waals surface area (Å²) in [6.45, 7) is 2.40. The summed E-state index contributed by atoms with van der Waals surface area (Å²) in [5.41, 5.74) is -1.22. The van der Waals surface area contributed by atoms with Crippen LogP contribution >= 0.6 is 0 Å². The van der Waals surface area contributed by atoms with Crippen LogP contribution in [0.5, 0.6) is 0 Å². The number of alkyl halides is 1. The van der Waals surface area contributed by atoms with Crippen molar-refractivity contribution in [1.29, 1.82) is 0 Å². The van der Waals surface area contributed by atoms with Gasteiger partial charge in [0.05, 0.1) is 13.2 Å². The van der Waals surface area contributed by atoms with E-state index >= 15 is 0 Å². The quantitative estimate of drug-likeness (QED) is 0.534. The lowest BCUT2D eigenvalue weighted by Gasteiger charge is -2.27. The van der Waals surface area contributed by atoms with Crippen LogP contribution in [0.1, 0.15) is 13.3 Å². The van der Waals surface area contributed by atoms with Crippen molar-refractivity contribution >= 4 is 0 Å². The predicted molar refractivity (Wildman–Crippen MR) is 30.9 cm³/mol. The van der Waals surface area contributed by atoms with Gasteiger partial charge in [0.1, 0.15) is 6.79 Å². The molecule has 0 N–H and O–H groups in total. The summed E-state index contributed by atoms with van der Waals surface area (Å²) in [6.07, 6.45) is 0.465. The maximum absolute atomic E-state index is 13.1. The van der Waals surface area contributed by atoms with Gasteiger partial charge in [-0.15, -0.1) is 0 Å². The van der Waals surface area contributed by atoms with Crippen molar-refractivity contribution in [3.05, 3.63) is 0 Å². The molecule has 1 heterocycles. The van der Waals surface area contributed by atoms with Crippen molar-refractivity contribution in [2.45, 2.75) is 19.0 Å². The van der Waals surface area contributed by atoms with Crippen LogP contribution < -0.4 is 0 Å². The number of hydrogen-bond acceptors (Lipinski definition) is 2. The van der Waals surface area contributed by atoms with Crippen molar-refractivity contribution in [2.24, 2.45) is 0 Å². The van der Waals surface area contributed by atoms with E-state index in [1.807, 2.05) is 0 Å². The molecule has 0 aliphatic carbocycles. The topological polar surface area (TPSA) is 18.5 Å². The lowest BCUT2D eigenvalue weighted by Crippen LogP contribution is -2.39. The van der Waals surface area contributed by atoms with Crippen LogP contribution in [0.4, 0.5) is 4.39 Å². The molecular formula is C6H11FO2. The lowest BCUT2D eigenvalue weighted by molar-refractivity contribution is -0.172.